The minimum absolute atomic E-state index is 0.453. The summed E-state index contributed by atoms with van der Waals surface area (Å²) in [6, 6.07) is 6.64. The molecule has 0 aromatic heterocycles. The Kier molecular flexibility index (Phi) is 3.23. The SMILES string of the molecule is C[C@@H](N)[C@@H](F)c1ccc(Br)cc1. The van der Waals surface area contributed by atoms with Gasteiger partial charge in [0.25, 0.3) is 0 Å². The molecule has 1 aromatic rings. The van der Waals surface area contributed by atoms with E-state index in [1.54, 1.807) is 19.1 Å². The molecule has 0 saturated carbocycles. The fourth-order valence-electron chi connectivity index (χ4n) is 0.950. The second-order valence-corrected chi connectivity index (χ2v) is 3.73. The van der Waals surface area contributed by atoms with Gasteiger partial charge in [-0.3, -0.25) is 0 Å². The zero-order chi connectivity index (χ0) is 9.14. The first-order valence-corrected chi connectivity index (χ1v) is 4.55. The highest BCUT2D eigenvalue weighted by Gasteiger charge is 2.13. The van der Waals surface area contributed by atoms with Gasteiger partial charge in [0, 0.05) is 10.5 Å². The van der Waals surface area contributed by atoms with Crippen LogP contribution in [0.4, 0.5) is 4.39 Å². The van der Waals surface area contributed by atoms with Crippen molar-refractivity contribution in [1.82, 2.24) is 0 Å². The zero-order valence-electron chi connectivity index (χ0n) is 6.80. The Morgan fingerprint density at radius 2 is 1.83 bits per heavy atom. The number of alkyl halides is 1. The van der Waals surface area contributed by atoms with Crippen LogP contribution in [0.2, 0.25) is 0 Å². The van der Waals surface area contributed by atoms with Crippen LogP contribution in [0.5, 0.6) is 0 Å². The third-order valence-electron chi connectivity index (χ3n) is 1.65. The number of rotatable bonds is 2. The van der Waals surface area contributed by atoms with Crippen molar-refractivity contribution < 1.29 is 4.39 Å². The Morgan fingerprint density at radius 1 is 1.33 bits per heavy atom. The van der Waals surface area contributed by atoms with E-state index >= 15 is 0 Å². The summed E-state index contributed by atoms with van der Waals surface area (Å²) in [4.78, 5) is 0. The smallest absolute Gasteiger partial charge is 0.140 e. The fraction of sp³-hybridized carbons (Fsp3) is 0.333. The van der Waals surface area contributed by atoms with E-state index in [2.05, 4.69) is 15.9 Å². The van der Waals surface area contributed by atoms with Crippen LogP contribution < -0.4 is 5.73 Å². The van der Waals surface area contributed by atoms with Crippen LogP contribution in [0, 0.1) is 0 Å². The number of hydrogen-bond donors (Lipinski definition) is 1. The molecular weight excluding hydrogens is 221 g/mol. The minimum Gasteiger partial charge on any atom is -0.325 e. The number of hydrogen-bond acceptors (Lipinski definition) is 1. The van der Waals surface area contributed by atoms with Crippen LogP contribution in [0.15, 0.2) is 28.7 Å². The average molecular weight is 232 g/mol. The zero-order valence-corrected chi connectivity index (χ0v) is 8.38. The van der Waals surface area contributed by atoms with Crippen molar-refractivity contribution in [3.8, 4) is 0 Å². The molecule has 0 aliphatic rings. The van der Waals surface area contributed by atoms with Gasteiger partial charge in [-0.2, -0.15) is 0 Å². The fourth-order valence-corrected chi connectivity index (χ4v) is 1.21. The summed E-state index contributed by atoms with van der Waals surface area (Å²) in [5.41, 5.74) is 6.05. The van der Waals surface area contributed by atoms with Gasteiger partial charge in [0.1, 0.15) is 6.17 Å². The van der Waals surface area contributed by atoms with Gasteiger partial charge in [-0.15, -0.1) is 0 Å². The summed E-state index contributed by atoms with van der Waals surface area (Å²) in [6.07, 6.45) is -1.07. The summed E-state index contributed by atoms with van der Waals surface area (Å²) < 4.78 is 14.2. The van der Waals surface area contributed by atoms with Crippen LogP contribution in [0.25, 0.3) is 0 Å². The number of halogens is 2. The van der Waals surface area contributed by atoms with Crippen molar-refractivity contribution in [1.29, 1.82) is 0 Å². The molecule has 0 aliphatic heterocycles. The van der Waals surface area contributed by atoms with E-state index in [4.69, 9.17) is 5.73 Å². The van der Waals surface area contributed by atoms with Gasteiger partial charge in [-0.05, 0) is 24.6 Å². The predicted molar refractivity (Wildman–Crippen MR) is 51.6 cm³/mol. The Labute approximate surface area is 79.9 Å². The van der Waals surface area contributed by atoms with Crippen LogP contribution >= 0.6 is 15.9 Å². The molecule has 0 bridgehead atoms. The summed E-state index contributed by atoms with van der Waals surface area (Å²) in [5.74, 6) is 0. The van der Waals surface area contributed by atoms with Crippen LogP contribution in [0.3, 0.4) is 0 Å². The number of benzene rings is 1. The third-order valence-corrected chi connectivity index (χ3v) is 2.18. The van der Waals surface area contributed by atoms with E-state index < -0.39 is 12.2 Å². The van der Waals surface area contributed by atoms with E-state index in [1.165, 1.54) is 0 Å². The summed E-state index contributed by atoms with van der Waals surface area (Å²) in [7, 11) is 0. The van der Waals surface area contributed by atoms with E-state index in [0.29, 0.717) is 5.56 Å². The standard InChI is InChI=1S/C9H11BrFN/c1-6(12)9(11)7-2-4-8(10)5-3-7/h2-6,9H,12H2,1H3/t6-,9-/m1/s1. The Hall–Kier alpha value is -0.410. The van der Waals surface area contributed by atoms with Crippen LogP contribution in [-0.4, -0.2) is 6.04 Å². The topological polar surface area (TPSA) is 26.0 Å². The molecule has 1 rings (SSSR count). The Balaban J connectivity index is 2.82. The normalized spacial score (nSPS) is 15.7. The van der Waals surface area contributed by atoms with Gasteiger partial charge in [-0.1, -0.05) is 28.1 Å². The molecule has 1 aromatic carbocycles. The van der Waals surface area contributed by atoms with Gasteiger partial charge in [0.2, 0.25) is 0 Å². The molecule has 0 unspecified atom stereocenters. The van der Waals surface area contributed by atoms with Crippen LogP contribution in [0.1, 0.15) is 18.7 Å². The lowest BCUT2D eigenvalue weighted by molar-refractivity contribution is 0.300. The molecule has 2 N–H and O–H groups in total. The minimum atomic E-state index is -1.07. The second-order valence-electron chi connectivity index (χ2n) is 2.81. The first kappa shape index (κ1) is 9.68. The van der Waals surface area contributed by atoms with E-state index in [1.807, 2.05) is 12.1 Å². The third kappa shape index (κ3) is 2.29. The molecule has 0 aliphatic carbocycles. The van der Waals surface area contributed by atoms with E-state index in [-0.39, 0.29) is 0 Å². The molecule has 12 heavy (non-hydrogen) atoms. The second kappa shape index (κ2) is 4.01. The molecule has 0 fully saturated rings. The van der Waals surface area contributed by atoms with Crippen molar-refractivity contribution in [2.75, 3.05) is 0 Å². The molecule has 0 heterocycles. The van der Waals surface area contributed by atoms with Gasteiger partial charge in [0.05, 0.1) is 0 Å². The molecule has 1 nitrogen and oxygen atoms in total. The molecular formula is C9H11BrFN. The lowest BCUT2D eigenvalue weighted by Crippen LogP contribution is -2.21. The summed E-state index contributed by atoms with van der Waals surface area (Å²) >= 11 is 3.28. The van der Waals surface area contributed by atoms with Gasteiger partial charge in [0.15, 0.2) is 0 Å². The van der Waals surface area contributed by atoms with Crippen LogP contribution in [-0.2, 0) is 0 Å². The lowest BCUT2D eigenvalue weighted by atomic mass is 10.1. The highest BCUT2D eigenvalue weighted by Crippen LogP contribution is 2.21. The maximum Gasteiger partial charge on any atom is 0.140 e. The Morgan fingerprint density at radius 3 is 2.25 bits per heavy atom. The maximum absolute atomic E-state index is 13.2. The first-order valence-electron chi connectivity index (χ1n) is 3.76. The predicted octanol–water partition coefficient (Wildman–Crippen LogP) is 2.81. The molecule has 3 heteroatoms. The molecule has 66 valence electrons. The first-order chi connectivity index (χ1) is 5.61. The molecule has 0 saturated heterocycles. The van der Waals surface area contributed by atoms with Crippen molar-refractivity contribution >= 4 is 15.9 Å². The van der Waals surface area contributed by atoms with Gasteiger partial charge >= 0.3 is 0 Å². The average Bonchev–Trinajstić information content (AvgIpc) is 2.04. The van der Waals surface area contributed by atoms with Gasteiger partial charge < -0.3 is 5.73 Å². The van der Waals surface area contributed by atoms with Crippen molar-refractivity contribution in [3.05, 3.63) is 34.3 Å². The molecule has 0 radical (unpaired) electrons. The monoisotopic (exact) mass is 231 g/mol. The lowest BCUT2D eigenvalue weighted by Gasteiger charge is -2.11. The molecule has 2 atom stereocenters. The van der Waals surface area contributed by atoms with Crippen molar-refractivity contribution in [2.45, 2.75) is 19.1 Å². The number of nitrogens with two attached hydrogens (primary N) is 1. The van der Waals surface area contributed by atoms with Crippen molar-refractivity contribution in [2.24, 2.45) is 5.73 Å². The Bertz CT molecular complexity index is 245. The summed E-state index contributed by atoms with van der Waals surface area (Å²) in [5, 5.41) is 0. The molecule has 0 amide bonds. The van der Waals surface area contributed by atoms with E-state index in [9.17, 15) is 4.39 Å². The maximum atomic E-state index is 13.2. The van der Waals surface area contributed by atoms with Crippen molar-refractivity contribution in [3.63, 3.8) is 0 Å². The highest BCUT2D eigenvalue weighted by atomic mass is 79.9. The largest absolute Gasteiger partial charge is 0.325 e. The van der Waals surface area contributed by atoms with Gasteiger partial charge in [-0.25, -0.2) is 4.39 Å². The van der Waals surface area contributed by atoms with E-state index in [0.717, 1.165) is 4.47 Å². The molecule has 0 spiro atoms. The highest BCUT2D eigenvalue weighted by molar-refractivity contribution is 9.10. The quantitative estimate of drug-likeness (QED) is 0.833. The summed E-state index contributed by atoms with van der Waals surface area (Å²) in [6.45, 7) is 1.66.